The molecule has 2 aromatic heterocycles. The standard InChI is InChI=1S/C20H22N4O2/c1-25-17-6-4-16(5-7-17)19-13-24-12-18(26-14-20(24)23-19)11-22-10-15-3-2-8-21-9-15/h2-9,13,18,22H,10-12,14H2,1H3/t18-/m0/s1. The van der Waals surface area contributed by atoms with Gasteiger partial charge in [-0.3, -0.25) is 4.98 Å². The first kappa shape index (κ1) is 16.8. The minimum atomic E-state index is 0.136. The molecule has 0 spiro atoms. The number of imidazole rings is 1. The summed E-state index contributed by atoms with van der Waals surface area (Å²) in [6.45, 7) is 2.93. The third-order valence-corrected chi connectivity index (χ3v) is 4.52. The fourth-order valence-corrected chi connectivity index (χ4v) is 3.10. The van der Waals surface area contributed by atoms with Gasteiger partial charge in [0.05, 0.1) is 25.5 Å². The number of pyridine rings is 1. The molecule has 1 atom stereocenters. The summed E-state index contributed by atoms with van der Waals surface area (Å²) in [7, 11) is 1.67. The second-order valence-electron chi connectivity index (χ2n) is 6.35. The Labute approximate surface area is 152 Å². The first-order valence-corrected chi connectivity index (χ1v) is 8.73. The van der Waals surface area contributed by atoms with E-state index in [9.17, 15) is 0 Å². The van der Waals surface area contributed by atoms with Crippen molar-refractivity contribution in [1.82, 2.24) is 19.9 Å². The molecule has 134 valence electrons. The lowest BCUT2D eigenvalue weighted by Gasteiger charge is -2.24. The molecule has 0 radical (unpaired) electrons. The summed E-state index contributed by atoms with van der Waals surface area (Å²) >= 11 is 0. The normalized spacial score (nSPS) is 16.3. The van der Waals surface area contributed by atoms with Crippen LogP contribution in [0.1, 0.15) is 11.4 Å². The van der Waals surface area contributed by atoms with Gasteiger partial charge in [0.25, 0.3) is 0 Å². The number of hydrogen-bond donors (Lipinski definition) is 1. The molecular formula is C20H22N4O2. The van der Waals surface area contributed by atoms with Crippen molar-refractivity contribution in [3.63, 3.8) is 0 Å². The van der Waals surface area contributed by atoms with Crippen LogP contribution in [0.4, 0.5) is 0 Å². The van der Waals surface area contributed by atoms with Crippen LogP contribution in [0.5, 0.6) is 5.75 Å². The Morgan fingerprint density at radius 3 is 2.92 bits per heavy atom. The van der Waals surface area contributed by atoms with Crippen molar-refractivity contribution in [1.29, 1.82) is 0 Å². The minimum Gasteiger partial charge on any atom is -0.497 e. The molecule has 0 saturated heterocycles. The molecule has 26 heavy (non-hydrogen) atoms. The third kappa shape index (κ3) is 3.76. The molecule has 1 aliphatic rings. The minimum absolute atomic E-state index is 0.136. The molecule has 1 N–H and O–H groups in total. The molecule has 0 amide bonds. The molecule has 0 saturated carbocycles. The van der Waals surface area contributed by atoms with Gasteiger partial charge >= 0.3 is 0 Å². The maximum atomic E-state index is 5.95. The number of benzene rings is 1. The predicted molar refractivity (Wildman–Crippen MR) is 98.7 cm³/mol. The number of nitrogens with zero attached hydrogens (tertiary/aromatic N) is 3. The quantitative estimate of drug-likeness (QED) is 0.741. The Morgan fingerprint density at radius 1 is 1.27 bits per heavy atom. The van der Waals surface area contributed by atoms with Crippen molar-refractivity contribution in [2.24, 2.45) is 0 Å². The van der Waals surface area contributed by atoms with Crippen LogP contribution < -0.4 is 10.1 Å². The van der Waals surface area contributed by atoms with Crippen molar-refractivity contribution in [3.05, 3.63) is 66.4 Å². The molecule has 0 aliphatic carbocycles. The van der Waals surface area contributed by atoms with Gasteiger partial charge in [0.1, 0.15) is 18.2 Å². The number of methoxy groups -OCH3 is 1. The van der Waals surface area contributed by atoms with Gasteiger partial charge in [-0.05, 0) is 35.9 Å². The summed E-state index contributed by atoms with van der Waals surface area (Å²) in [4.78, 5) is 8.84. The number of fused-ring (bicyclic) bond motifs is 1. The fourth-order valence-electron chi connectivity index (χ4n) is 3.10. The molecule has 4 rings (SSSR count). The topological polar surface area (TPSA) is 61.2 Å². The van der Waals surface area contributed by atoms with Gasteiger partial charge in [0.2, 0.25) is 0 Å². The SMILES string of the molecule is COc1ccc(-c2cn3c(n2)CO[C@@H](CNCc2cccnc2)C3)cc1. The van der Waals surface area contributed by atoms with Crippen LogP contribution in [0.2, 0.25) is 0 Å². The Hall–Kier alpha value is -2.70. The van der Waals surface area contributed by atoms with E-state index in [1.54, 1.807) is 13.3 Å². The number of hydrogen-bond acceptors (Lipinski definition) is 5. The second kappa shape index (κ2) is 7.68. The molecule has 6 heteroatoms. The molecule has 3 aromatic rings. The smallest absolute Gasteiger partial charge is 0.135 e. The van der Waals surface area contributed by atoms with Crippen molar-refractivity contribution >= 4 is 0 Å². The maximum Gasteiger partial charge on any atom is 0.135 e. The first-order chi connectivity index (χ1) is 12.8. The average Bonchev–Trinajstić information content (AvgIpc) is 3.12. The number of ether oxygens (including phenoxy) is 2. The molecule has 0 fully saturated rings. The Bertz CT molecular complexity index is 846. The van der Waals surface area contributed by atoms with Gasteiger partial charge in [0.15, 0.2) is 0 Å². The van der Waals surface area contributed by atoms with E-state index in [2.05, 4.69) is 27.1 Å². The second-order valence-corrected chi connectivity index (χ2v) is 6.35. The summed E-state index contributed by atoms with van der Waals surface area (Å²) in [5.41, 5.74) is 3.22. The summed E-state index contributed by atoms with van der Waals surface area (Å²) in [5, 5.41) is 3.44. The van der Waals surface area contributed by atoms with Crippen molar-refractivity contribution in [2.75, 3.05) is 13.7 Å². The monoisotopic (exact) mass is 350 g/mol. The van der Waals surface area contributed by atoms with E-state index in [0.29, 0.717) is 6.61 Å². The lowest BCUT2D eigenvalue weighted by Crippen LogP contribution is -2.35. The van der Waals surface area contributed by atoms with Gasteiger partial charge in [-0.25, -0.2) is 4.98 Å². The largest absolute Gasteiger partial charge is 0.497 e. The number of rotatable bonds is 6. The van der Waals surface area contributed by atoms with Crippen LogP contribution in [-0.2, 0) is 24.4 Å². The van der Waals surface area contributed by atoms with Gasteiger partial charge in [-0.1, -0.05) is 6.07 Å². The van der Waals surface area contributed by atoms with E-state index in [4.69, 9.17) is 14.5 Å². The van der Waals surface area contributed by atoms with Crippen LogP contribution in [0.25, 0.3) is 11.3 Å². The van der Waals surface area contributed by atoms with E-state index < -0.39 is 0 Å². The van der Waals surface area contributed by atoms with Crippen LogP contribution in [0, 0.1) is 0 Å². The average molecular weight is 350 g/mol. The molecule has 0 unspecified atom stereocenters. The first-order valence-electron chi connectivity index (χ1n) is 8.73. The van der Waals surface area contributed by atoms with Crippen LogP contribution in [-0.4, -0.2) is 34.3 Å². The molecule has 0 bridgehead atoms. The van der Waals surface area contributed by atoms with E-state index >= 15 is 0 Å². The van der Waals surface area contributed by atoms with Crippen molar-refractivity contribution in [2.45, 2.75) is 25.8 Å². The van der Waals surface area contributed by atoms with Crippen LogP contribution in [0.3, 0.4) is 0 Å². The Balaban J connectivity index is 1.37. The zero-order valence-corrected chi connectivity index (χ0v) is 14.8. The van der Waals surface area contributed by atoms with E-state index in [0.717, 1.165) is 42.5 Å². The summed E-state index contributed by atoms with van der Waals surface area (Å²) in [6.07, 6.45) is 5.91. The van der Waals surface area contributed by atoms with Crippen molar-refractivity contribution in [3.8, 4) is 17.0 Å². The third-order valence-electron chi connectivity index (χ3n) is 4.52. The fraction of sp³-hybridized carbons (Fsp3) is 0.300. The Kier molecular flexibility index (Phi) is 4.95. The highest BCUT2D eigenvalue weighted by molar-refractivity contribution is 5.59. The molecule has 3 heterocycles. The Morgan fingerprint density at radius 2 is 2.15 bits per heavy atom. The van der Waals surface area contributed by atoms with E-state index in [1.165, 1.54) is 5.56 Å². The highest BCUT2D eigenvalue weighted by Crippen LogP contribution is 2.24. The lowest BCUT2D eigenvalue weighted by molar-refractivity contribution is 0.00278. The zero-order valence-electron chi connectivity index (χ0n) is 14.8. The highest BCUT2D eigenvalue weighted by Gasteiger charge is 2.21. The summed E-state index contributed by atoms with van der Waals surface area (Å²) in [6, 6.07) is 12.0. The van der Waals surface area contributed by atoms with Gasteiger partial charge in [0, 0.05) is 37.2 Å². The van der Waals surface area contributed by atoms with Gasteiger partial charge < -0.3 is 19.4 Å². The molecule has 6 nitrogen and oxygen atoms in total. The number of nitrogens with one attached hydrogen (secondary N) is 1. The predicted octanol–water partition coefficient (Wildman–Crippen LogP) is 2.64. The van der Waals surface area contributed by atoms with Crippen molar-refractivity contribution < 1.29 is 9.47 Å². The zero-order chi connectivity index (χ0) is 17.8. The van der Waals surface area contributed by atoms with E-state index in [1.807, 2.05) is 36.5 Å². The summed E-state index contributed by atoms with van der Waals surface area (Å²) in [5.74, 6) is 1.82. The van der Waals surface area contributed by atoms with E-state index in [-0.39, 0.29) is 6.10 Å². The van der Waals surface area contributed by atoms with Gasteiger partial charge in [-0.15, -0.1) is 0 Å². The molecule has 1 aromatic carbocycles. The molecular weight excluding hydrogens is 328 g/mol. The van der Waals surface area contributed by atoms with Crippen LogP contribution in [0.15, 0.2) is 55.0 Å². The van der Waals surface area contributed by atoms with Crippen LogP contribution >= 0.6 is 0 Å². The maximum absolute atomic E-state index is 5.95. The van der Waals surface area contributed by atoms with Gasteiger partial charge in [-0.2, -0.15) is 0 Å². The summed E-state index contributed by atoms with van der Waals surface area (Å²) < 4.78 is 13.4. The highest BCUT2D eigenvalue weighted by atomic mass is 16.5. The lowest BCUT2D eigenvalue weighted by atomic mass is 10.1. The molecule has 1 aliphatic heterocycles. The number of aromatic nitrogens is 3.